The number of rotatable bonds is 5. The van der Waals surface area contributed by atoms with Crippen LogP contribution in [0.2, 0.25) is 0 Å². The molecule has 1 aliphatic carbocycles. The SMILES string of the molecule is C=CCSc1nnc(N2C(N)=C(C#N)C(c3ccc(C)s3)C3=C2CCCC3=O)s1. The van der Waals surface area contributed by atoms with Gasteiger partial charge in [-0.2, -0.15) is 5.26 Å². The van der Waals surface area contributed by atoms with Crippen LogP contribution in [0.4, 0.5) is 5.13 Å². The zero-order valence-corrected chi connectivity index (χ0v) is 18.3. The van der Waals surface area contributed by atoms with Crippen LogP contribution < -0.4 is 10.6 Å². The molecule has 2 aliphatic rings. The molecule has 0 radical (unpaired) electrons. The Labute approximate surface area is 181 Å². The molecule has 2 aromatic rings. The second-order valence-electron chi connectivity index (χ2n) is 6.71. The molecular weight excluding hydrogens is 422 g/mol. The van der Waals surface area contributed by atoms with Crippen LogP contribution in [0.5, 0.6) is 0 Å². The van der Waals surface area contributed by atoms with E-state index in [9.17, 15) is 10.1 Å². The fourth-order valence-electron chi connectivity index (χ4n) is 3.68. The largest absolute Gasteiger partial charge is 0.384 e. The monoisotopic (exact) mass is 441 g/mol. The normalized spacial score (nSPS) is 19.4. The molecule has 1 aliphatic heterocycles. The summed E-state index contributed by atoms with van der Waals surface area (Å²) in [6.07, 6.45) is 3.78. The first-order valence-corrected chi connectivity index (χ1v) is 11.8. The summed E-state index contributed by atoms with van der Waals surface area (Å²) < 4.78 is 0.798. The predicted molar refractivity (Wildman–Crippen MR) is 118 cm³/mol. The third-order valence-electron chi connectivity index (χ3n) is 4.87. The van der Waals surface area contributed by atoms with Crippen molar-refractivity contribution in [1.82, 2.24) is 10.2 Å². The van der Waals surface area contributed by atoms with Crippen molar-refractivity contribution in [2.24, 2.45) is 5.73 Å². The maximum atomic E-state index is 13.0. The van der Waals surface area contributed by atoms with Gasteiger partial charge in [-0.15, -0.1) is 28.1 Å². The van der Waals surface area contributed by atoms with E-state index in [1.54, 1.807) is 28.0 Å². The highest BCUT2D eigenvalue weighted by atomic mass is 32.2. The molecule has 2 aromatic heterocycles. The van der Waals surface area contributed by atoms with E-state index >= 15 is 0 Å². The molecule has 1 atom stereocenters. The van der Waals surface area contributed by atoms with Gasteiger partial charge in [-0.3, -0.25) is 9.69 Å². The molecule has 0 saturated carbocycles. The number of nitrogens with two attached hydrogens (primary N) is 1. The summed E-state index contributed by atoms with van der Waals surface area (Å²) in [5.41, 5.74) is 8.45. The Morgan fingerprint density at radius 2 is 2.24 bits per heavy atom. The molecule has 0 bridgehead atoms. The minimum atomic E-state index is -0.403. The lowest BCUT2D eigenvalue weighted by atomic mass is 9.78. The van der Waals surface area contributed by atoms with Gasteiger partial charge < -0.3 is 5.73 Å². The molecule has 0 saturated heterocycles. The zero-order chi connectivity index (χ0) is 20.5. The summed E-state index contributed by atoms with van der Waals surface area (Å²) in [6, 6.07) is 6.28. The highest BCUT2D eigenvalue weighted by molar-refractivity contribution is 8.01. The van der Waals surface area contributed by atoms with Crippen LogP contribution >= 0.6 is 34.4 Å². The van der Waals surface area contributed by atoms with Crippen LogP contribution in [0.15, 0.2) is 51.8 Å². The smallest absolute Gasteiger partial charge is 0.219 e. The third-order valence-corrected chi connectivity index (χ3v) is 7.97. The van der Waals surface area contributed by atoms with E-state index in [0.29, 0.717) is 28.5 Å². The van der Waals surface area contributed by atoms with Crippen LogP contribution in [0, 0.1) is 18.3 Å². The Kier molecular flexibility index (Phi) is 5.58. The van der Waals surface area contributed by atoms with Gasteiger partial charge in [-0.25, -0.2) is 0 Å². The summed E-state index contributed by atoms with van der Waals surface area (Å²) in [6.45, 7) is 5.74. The Morgan fingerprint density at radius 3 is 2.93 bits per heavy atom. The van der Waals surface area contributed by atoms with Gasteiger partial charge >= 0.3 is 0 Å². The van der Waals surface area contributed by atoms with Gasteiger partial charge in [0, 0.05) is 33.2 Å². The highest BCUT2D eigenvalue weighted by Crippen LogP contribution is 2.48. The van der Waals surface area contributed by atoms with Crippen LogP contribution in [-0.2, 0) is 4.79 Å². The van der Waals surface area contributed by atoms with E-state index in [1.165, 1.54) is 11.3 Å². The first kappa shape index (κ1) is 19.9. The number of aryl methyl sites for hydroxylation is 1. The van der Waals surface area contributed by atoms with Crippen molar-refractivity contribution in [2.75, 3.05) is 10.7 Å². The first-order chi connectivity index (χ1) is 14.0. The topological polar surface area (TPSA) is 95.9 Å². The number of aromatic nitrogens is 2. The first-order valence-electron chi connectivity index (χ1n) is 9.14. The molecule has 0 spiro atoms. The number of carbonyl (C=O) groups excluding carboxylic acids is 1. The summed E-state index contributed by atoms with van der Waals surface area (Å²) in [4.78, 5) is 16.9. The summed E-state index contributed by atoms with van der Waals surface area (Å²) >= 11 is 4.55. The van der Waals surface area contributed by atoms with Crippen LogP contribution in [0.3, 0.4) is 0 Å². The number of thiophene rings is 1. The molecule has 4 rings (SSSR count). The van der Waals surface area contributed by atoms with Crippen LogP contribution in [0.1, 0.15) is 34.9 Å². The Balaban J connectivity index is 1.86. The van der Waals surface area contributed by atoms with Gasteiger partial charge in [0.2, 0.25) is 5.13 Å². The number of Topliss-reactive ketones (excluding diaryl/α,β-unsaturated/α-hetero) is 1. The molecule has 2 N–H and O–H groups in total. The van der Waals surface area contributed by atoms with Gasteiger partial charge in [-0.1, -0.05) is 29.2 Å². The molecule has 9 heteroatoms. The highest BCUT2D eigenvalue weighted by Gasteiger charge is 2.41. The van der Waals surface area contributed by atoms with Crippen molar-refractivity contribution >= 4 is 45.4 Å². The minimum absolute atomic E-state index is 0.0818. The molecule has 0 fully saturated rings. The average molecular weight is 442 g/mol. The lowest BCUT2D eigenvalue weighted by molar-refractivity contribution is -0.116. The van der Waals surface area contributed by atoms with Crippen molar-refractivity contribution in [3.63, 3.8) is 0 Å². The standard InChI is InChI=1S/C20H19N5OS3/c1-3-9-27-20-24-23-19(29-20)25-13-5-4-6-14(26)17(13)16(12(10-21)18(25)22)15-8-7-11(2)28-15/h3,7-8,16H,1,4-6,9,22H2,2H3. The van der Waals surface area contributed by atoms with Gasteiger partial charge in [0.05, 0.1) is 17.6 Å². The van der Waals surface area contributed by atoms with Crippen molar-refractivity contribution in [1.29, 1.82) is 5.26 Å². The number of nitriles is 1. The zero-order valence-electron chi connectivity index (χ0n) is 15.8. The maximum Gasteiger partial charge on any atom is 0.219 e. The molecule has 1 unspecified atom stereocenters. The number of ketones is 1. The van der Waals surface area contributed by atoms with Crippen molar-refractivity contribution in [3.05, 3.63) is 57.2 Å². The average Bonchev–Trinajstić information content (AvgIpc) is 3.34. The Hall–Kier alpha value is -2.41. The third kappa shape index (κ3) is 3.52. The van der Waals surface area contributed by atoms with Gasteiger partial charge in [-0.05, 0) is 31.9 Å². The lowest BCUT2D eigenvalue weighted by Crippen LogP contribution is -2.38. The second kappa shape index (κ2) is 8.14. The van der Waals surface area contributed by atoms with Gasteiger partial charge in [0.1, 0.15) is 5.82 Å². The quantitative estimate of drug-likeness (QED) is 0.539. The van der Waals surface area contributed by atoms with Gasteiger partial charge in [0.25, 0.3) is 0 Å². The number of thioether (sulfide) groups is 1. The fourth-order valence-corrected chi connectivity index (χ4v) is 6.32. The van der Waals surface area contributed by atoms with E-state index in [0.717, 1.165) is 38.4 Å². The van der Waals surface area contributed by atoms with Crippen molar-refractivity contribution in [2.45, 2.75) is 36.4 Å². The Morgan fingerprint density at radius 1 is 1.41 bits per heavy atom. The molecule has 148 valence electrons. The van der Waals surface area contributed by atoms with Gasteiger partial charge in [0.15, 0.2) is 10.1 Å². The molecule has 6 nitrogen and oxygen atoms in total. The predicted octanol–water partition coefficient (Wildman–Crippen LogP) is 4.49. The number of nitrogens with zero attached hydrogens (tertiary/aromatic N) is 4. The van der Waals surface area contributed by atoms with E-state index < -0.39 is 5.92 Å². The summed E-state index contributed by atoms with van der Waals surface area (Å²) in [5.74, 6) is 0.752. The van der Waals surface area contributed by atoms with E-state index in [2.05, 4.69) is 22.8 Å². The van der Waals surface area contributed by atoms with E-state index in [-0.39, 0.29) is 5.78 Å². The molecule has 29 heavy (non-hydrogen) atoms. The molecular formula is C20H19N5OS3. The van der Waals surface area contributed by atoms with E-state index in [4.69, 9.17) is 5.73 Å². The maximum absolute atomic E-state index is 13.0. The van der Waals surface area contributed by atoms with Crippen molar-refractivity contribution < 1.29 is 4.79 Å². The van der Waals surface area contributed by atoms with Crippen LogP contribution in [-0.4, -0.2) is 21.7 Å². The van der Waals surface area contributed by atoms with Crippen molar-refractivity contribution in [3.8, 4) is 6.07 Å². The fraction of sp³-hybridized carbons (Fsp3) is 0.300. The minimum Gasteiger partial charge on any atom is -0.384 e. The number of anilines is 1. The molecule has 0 aromatic carbocycles. The summed E-state index contributed by atoms with van der Waals surface area (Å²) in [7, 11) is 0. The summed E-state index contributed by atoms with van der Waals surface area (Å²) in [5, 5.41) is 19.1. The second-order valence-corrected chi connectivity index (χ2v) is 10.3. The lowest BCUT2D eigenvalue weighted by Gasteiger charge is -2.37. The number of hydrogen-bond donors (Lipinski definition) is 1. The number of hydrogen-bond acceptors (Lipinski definition) is 9. The number of allylic oxidation sites excluding steroid dienone is 3. The molecule has 3 heterocycles. The van der Waals surface area contributed by atoms with E-state index in [1.807, 2.05) is 25.1 Å². The number of carbonyl (C=O) groups is 1. The molecule has 0 amide bonds. The van der Waals surface area contributed by atoms with Crippen LogP contribution in [0.25, 0.3) is 0 Å². The Bertz CT molecular complexity index is 1090.